The van der Waals surface area contributed by atoms with Crippen molar-refractivity contribution in [1.29, 1.82) is 0 Å². The predicted octanol–water partition coefficient (Wildman–Crippen LogP) is 4.26. The van der Waals surface area contributed by atoms with E-state index < -0.39 is 0 Å². The van der Waals surface area contributed by atoms with Crippen LogP contribution in [0, 0.1) is 5.92 Å². The van der Waals surface area contributed by atoms with E-state index in [1.165, 1.54) is 5.57 Å². The van der Waals surface area contributed by atoms with E-state index in [1.807, 2.05) is 24.4 Å². The van der Waals surface area contributed by atoms with Crippen molar-refractivity contribution >= 4 is 22.9 Å². The minimum Gasteiger partial charge on any atom is -0.507 e. The van der Waals surface area contributed by atoms with E-state index in [-0.39, 0.29) is 17.6 Å². The van der Waals surface area contributed by atoms with E-state index in [0.717, 1.165) is 29.1 Å². The smallest absolute Gasteiger partial charge is 0.309 e. The highest BCUT2D eigenvalue weighted by Gasteiger charge is 2.24. The second-order valence-electron chi connectivity index (χ2n) is 5.51. The van der Waals surface area contributed by atoms with Gasteiger partial charge in [-0.3, -0.25) is 4.79 Å². The fraction of sp³-hybridized carbons (Fsp3) is 0.333. The maximum Gasteiger partial charge on any atom is 0.309 e. The van der Waals surface area contributed by atoms with Crippen molar-refractivity contribution in [1.82, 2.24) is 4.98 Å². The van der Waals surface area contributed by atoms with Gasteiger partial charge in [0, 0.05) is 10.9 Å². The summed E-state index contributed by atoms with van der Waals surface area (Å²) < 4.78 is 5.09. The van der Waals surface area contributed by atoms with Crippen LogP contribution in [0.4, 0.5) is 0 Å². The van der Waals surface area contributed by atoms with E-state index in [1.54, 1.807) is 23.5 Å². The number of nitrogens with zero attached hydrogens (tertiary/aromatic N) is 1. The number of benzene rings is 1. The Bertz CT molecular complexity index is 735. The number of ether oxygens (including phenoxy) is 1. The van der Waals surface area contributed by atoms with E-state index in [4.69, 9.17) is 4.74 Å². The van der Waals surface area contributed by atoms with Crippen molar-refractivity contribution in [2.75, 3.05) is 6.61 Å². The van der Waals surface area contributed by atoms with Gasteiger partial charge in [0.1, 0.15) is 10.8 Å². The van der Waals surface area contributed by atoms with Crippen molar-refractivity contribution in [3.8, 4) is 17.0 Å². The van der Waals surface area contributed by atoms with E-state index in [0.29, 0.717) is 13.0 Å². The molecule has 0 spiro atoms. The van der Waals surface area contributed by atoms with Crippen LogP contribution in [0.3, 0.4) is 0 Å². The first-order chi connectivity index (χ1) is 11.2. The monoisotopic (exact) mass is 329 g/mol. The number of hydrogen-bond donors (Lipinski definition) is 1. The Balaban J connectivity index is 1.75. The minimum atomic E-state index is -0.100. The van der Waals surface area contributed by atoms with Crippen LogP contribution >= 0.6 is 11.3 Å². The van der Waals surface area contributed by atoms with E-state index >= 15 is 0 Å². The first kappa shape index (κ1) is 15.7. The Morgan fingerprint density at radius 2 is 2.26 bits per heavy atom. The first-order valence-electron chi connectivity index (χ1n) is 7.79. The van der Waals surface area contributed by atoms with Crippen molar-refractivity contribution < 1.29 is 14.6 Å². The van der Waals surface area contributed by atoms with Gasteiger partial charge in [-0.25, -0.2) is 4.98 Å². The Kier molecular flexibility index (Phi) is 4.76. The Morgan fingerprint density at radius 3 is 2.96 bits per heavy atom. The van der Waals surface area contributed by atoms with E-state index in [9.17, 15) is 9.90 Å². The molecule has 0 fully saturated rings. The van der Waals surface area contributed by atoms with Crippen molar-refractivity contribution in [3.63, 3.8) is 0 Å². The molecular weight excluding hydrogens is 310 g/mol. The van der Waals surface area contributed by atoms with Gasteiger partial charge in [-0.1, -0.05) is 18.2 Å². The third kappa shape index (κ3) is 3.45. The average molecular weight is 329 g/mol. The fourth-order valence-corrected chi connectivity index (χ4v) is 3.63. The predicted molar refractivity (Wildman–Crippen MR) is 91.2 cm³/mol. The molecule has 0 saturated heterocycles. The second kappa shape index (κ2) is 6.96. The van der Waals surface area contributed by atoms with Gasteiger partial charge in [-0.2, -0.15) is 0 Å². The quantitative estimate of drug-likeness (QED) is 0.851. The highest BCUT2D eigenvalue weighted by atomic mass is 32.1. The van der Waals surface area contributed by atoms with Crippen LogP contribution in [0.2, 0.25) is 0 Å². The van der Waals surface area contributed by atoms with Crippen molar-refractivity contribution in [2.45, 2.75) is 26.2 Å². The summed E-state index contributed by atoms with van der Waals surface area (Å²) in [5, 5.41) is 12.9. The maximum absolute atomic E-state index is 11.8. The molecule has 3 rings (SSSR count). The van der Waals surface area contributed by atoms with Crippen LogP contribution in [0.1, 0.15) is 31.2 Å². The van der Waals surface area contributed by atoms with E-state index in [2.05, 4.69) is 11.1 Å². The highest BCUT2D eigenvalue weighted by molar-refractivity contribution is 7.11. The molecule has 23 heavy (non-hydrogen) atoms. The molecule has 1 aromatic heterocycles. The van der Waals surface area contributed by atoms with Crippen LogP contribution < -0.4 is 0 Å². The molecule has 120 valence electrons. The number of phenols is 1. The lowest BCUT2D eigenvalue weighted by Gasteiger charge is -2.19. The largest absolute Gasteiger partial charge is 0.507 e. The Labute approximate surface area is 139 Å². The lowest BCUT2D eigenvalue weighted by Crippen LogP contribution is -2.19. The Morgan fingerprint density at radius 1 is 1.43 bits per heavy atom. The lowest BCUT2D eigenvalue weighted by molar-refractivity contribution is -0.148. The summed E-state index contributed by atoms with van der Waals surface area (Å²) in [6.07, 6.45) is 4.44. The molecule has 1 N–H and O–H groups in total. The van der Waals surface area contributed by atoms with Gasteiger partial charge in [0.05, 0.1) is 18.2 Å². The molecule has 1 aromatic carbocycles. The summed E-state index contributed by atoms with van der Waals surface area (Å²) in [4.78, 5) is 16.4. The number of aromatic nitrogens is 1. The number of carbonyl (C=O) groups excluding carboxylic acids is 1. The molecule has 0 saturated carbocycles. The second-order valence-corrected chi connectivity index (χ2v) is 6.37. The van der Waals surface area contributed by atoms with Gasteiger partial charge >= 0.3 is 5.97 Å². The zero-order chi connectivity index (χ0) is 16.2. The lowest BCUT2D eigenvalue weighted by atomic mass is 9.90. The summed E-state index contributed by atoms with van der Waals surface area (Å²) >= 11 is 1.57. The molecule has 0 radical (unpaired) electrons. The number of hydrogen-bond acceptors (Lipinski definition) is 5. The Hall–Kier alpha value is -2.14. The minimum absolute atomic E-state index is 0.0312. The fourth-order valence-electron chi connectivity index (χ4n) is 2.74. The molecule has 2 aromatic rings. The molecule has 4 nitrogen and oxygen atoms in total. The molecule has 1 atom stereocenters. The number of para-hydroxylation sites is 1. The van der Waals surface area contributed by atoms with Gasteiger partial charge in [0.15, 0.2) is 0 Å². The van der Waals surface area contributed by atoms with Crippen molar-refractivity contribution in [2.24, 2.45) is 5.92 Å². The molecule has 1 heterocycles. The van der Waals surface area contributed by atoms with Crippen LogP contribution in [0.5, 0.6) is 5.75 Å². The van der Waals surface area contributed by atoms with Crippen LogP contribution in [0.15, 0.2) is 35.7 Å². The highest BCUT2D eigenvalue weighted by Crippen LogP contribution is 2.35. The van der Waals surface area contributed by atoms with Crippen LogP contribution in [0.25, 0.3) is 16.8 Å². The number of allylic oxidation sites excluding steroid dienone is 2. The number of thiazole rings is 1. The first-order valence-corrected chi connectivity index (χ1v) is 8.67. The zero-order valence-electron chi connectivity index (χ0n) is 13.0. The molecule has 0 aliphatic heterocycles. The normalized spacial score (nSPS) is 17.6. The molecule has 1 aliphatic rings. The molecular formula is C18H19NO3S. The summed E-state index contributed by atoms with van der Waals surface area (Å²) in [7, 11) is 0. The molecule has 0 amide bonds. The SMILES string of the molecule is CCOC(=O)C1CC=C(c2nc(-c3ccccc3O)cs2)CC1. The standard InChI is InChI=1S/C18H19NO3S/c1-2-22-18(21)13-9-7-12(8-10-13)17-19-15(11-23-17)14-5-3-4-6-16(14)20/h3-7,11,13,20H,2,8-10H2,1H3. The third-order valence-corrected chi connectivity index (χ3v) is 4.91. The van der Waals surface area contributed by atoms with Crippen molar-refractivity contribution in [3.05, 3.63) is 40.7 Å². The van der Waals surface area contributed by atoms with Gasteiger partial charge in [0.2, 0.25) is 0 Å². The summed E-state index contributed by atoms with van der Waals surface area (Å²) in [6.45, 7) is 2.26. The molecule has 0 bridgehead atoms. The number of carbonyl (C=O) groups is 1. The average Bonchev–Trinajstić information content (AvgIpc) is 3.05. The van der Waals surface area contributed by atoms with Crippen LogP contribution in [-0.4, -0.2) is 22.7 Å². The number of phenolic OH excluding ortho intramolecular Hbond substituents is 1. The number of rotatable bonds is 4. The third-order valence-electron chi connectivity index (χ3n) is 3.99. The molecule has 1 aliphatic carbocycles. The molecule has 1 unspecified atom stereocenters. The number of esters is 1. The summed E-state index contributed by atoms with van der Waals surface area (Å²) in [6, 6.07) is 7.21. The summed E-state index contributed by atoms with van der Waals surface area (Å²) in [5.41, 5.74) is 2.71. The van der Waals surface area contributed by atoms with Gasteiger partial charge in [-0.05, 0) is 43.9 Å². The van der Waals surface area contributed by atoms with Gasteiger partial charge < -0.3 is 9.84 Å². The summed E-state index contributed by atoms with van der Waals surface area (Å²) in [5.74, 6) is 0.109. The van der Waals surface area contributed by atoms with Gasteiger partial charge in [0.25, 0.3) is 0 Å². The van der Waals surface area contributed by atoms with Crippen LogP contribution in [-0.2, 0) is 9.53 Å². The number of aromatic hydroxyl groups is 1. The topological polar surface area (TPSA) is 59.4 Å². The molecule has 5 heteroatoms. The maximum atomic E-state index is 11.8. The zero-order valence-corrected chi connectivity index (χ0v) is 13.8. The van der Waals surface area contributed by atoms with Gasteiger partial charge in [-0.15, -0.1) is 11.3 Å².